The van der Waals surface area contributed by atoms with Crippen LogP contribution in [0.5, 0.6) is 11.5 Å². The summed E-state index contributed by atoms with van der Waals surface area (Å²) in [6, 6.07) is 26.5. The fourth-order valence-electron chi connectivity index (χ4n) is 3.88. The summed E-state index contributed by atoms with van der Waals surface area (Å²) in [5, 5.41) is 15.3. The van der Waals surface area contributed by atoms with E-state index >= 15 is 0 Å². The topological polar surface area (TPSA) is 74.1 Å². The van der Waals surface area contributed by atoms with E-state index in [1.807, 2.05) is 43.3 Å². The van der Waals surface area contributed by atoms with Gasteiger partial charge in [-0.25, -0.2) is 0 Å². The number of benzene rings is 3. The Bertz CT molecular complexity index is 1070. The third kappa shape index (κ3) is 4.05. The molecule has 1 unspecified atom stereocenters. The summed E-state index contributed by atoms with van der Waals surface area (Å²) < 4.78 is 5.87. The minimum Gasteiger partial charge on any atom is -0.457 e. The first kappa shape index (κ1) is 19.7. The maximum absolute atomic E-state index is 13.2. The molecule has 0 spiro atoms. The molecule has 3 aromatic rings. The molecule has 0 aliphatic carbocycles. The molecule has 30 heavy (non-hydrogen) atoms. The molecule has 0 aromatic heterocycles. The van der Waals surface area contributed by atoms with Crippen LogP contribution < -0.4 is 15.4 Å². The Kier molecular flexibility index (Phi) is 5.51. The largest absolute Gasteiger partial charge is 0.457 e. The van der Waals surface area contributed by atoms with Gasteiger partial charge < -0.3 is 15.4 Å². The van der Waals surface area contributed by atoms with Crippen LogP contribution in [0.2, 0.25) is 0 Å². The number of ether oxygens (including phenoxy) is 1. The first-order valence-corrected chi connectivity index (χ1v) is 9.94. The molecule has 0 bridgehead atoms. The van der Waals surface area contributed by atoms with Gasteiger partial charge in [0.2, 0.25) is 5.91 Å². The highest BCUT2D eigenvalue weighted by Crippen LogP contribution is 2.40. The lowest BCUT2D eigenvalue weighted by atomic mass is 9.75. The molecule has 4 rings (SSSR count). The molecule has 1 amide bonds. The zero-order chi connectivity index (χ0) is 21.0. The number of anilines is 1. The summed E-state index contributed by atoms with van der Waals surface area (Å²) in [6.45, 7) is 3.41. The maximum Gasteiger partial charge on any atom is 0.232 e. The van der Waals surface area contributed by atoms with Crippen LogP contribution >= 0.6 is 0 Å². The van der Waals surface area contributed by atoms with Gasteiger partial charge in [-0.3, -0.25) is 4.79 Å². The lowest BCUT2D eigenvalue weighted by molar-refractivity contribution is -0.124. The number of nitriles is 1. The minimum absolute atomic E-state index is 0.0168. The van der Waals surface area contributed by atoms with Crippen molar-refractivity contribution in [3.63, 3.8) is 0 Å². The van der Waals surface area contributed by atoms with Gasteiger partial charge in [0.15, 0.2) is 0 Å². The van der Waals surface area contributed by atoms with Crippen LogP contribution in [-0.2, 0) is 4.79 Å². The van der Waals surface area contributed by atoms with Crippen molar-refractivity contribution < 1.29 is 9.53 Å². The van der Waals surface area contributed by atoms with Crippen LogP contribution in [0, 0.1) is 16.7 Å². The molecule has 1 aliphatic rings. The van der Waals surface area contributed by atoms with Crippen molar-refractivity contribution in [1.29, 1.82) is 5.26 Å². The van der Waals surface area contributed by atoms with Crippen LogP contribution in [0.25, 0.3) is 0 Å². The SMILES string of the molecule is CC1(C(=O)Nc2cccc(Oc3ccc(C#N)cc3)c2)CNC[C@@H]1c1ccccc1. The van der Waals surface area contributed by atoms with E-state index in [-0.39, 0.29) is 11.8 Å². The summed E-state index contributed by atoms with van der Waals surface area (Å²) >= 11 is 0. The number of nitrogens with zero attached hydrogens (tertiary/aromatic N) is 1. The monoisotopic (exact) mass is 397 g/mol. The molecule has 150 valence electrons. The highest BCUT2D eigenvalue weighted by molar-refractivity contribution is 5.96. The van der Waals surface area contributed by atoms with Crippen LogP contribution in [0.3, 0.4) is 0 Å². The van der Waals surface area contributed by atoms with E-state index in [2.05, 4.69) is 28.8 Å². The molecule has 5 heteroatoms. The number of carbonyl (C=O) groups excluding carboxylic acids is 1. The second kappa shape index (κ2) is 8.40. The molecule has 1 saturated heterocycles. The van der Waals surface area contributed by atoms with Crippen molar-refractivity contribution in [2.45, 2.75) is 12.8 Å². The normalized spacial score (nSPS) is 20.3. The lowest BCUT2D eigenvalue weighted by Gasteiger charge is -2.29. The smallest absolute Gasteiger partial charge is 0.232 e. The molecule has 3 aromatic carbocycles. The highest BCUT2D eigenvalue weighted by Gasteiger charge is 2.45. The first-order chi connectivity index (χ1) is 14.6. The summed E-state index contributed by atoms with van der Waals surface area (Å²) in [4.78, 5) is 13.2. The van der Waals surface area contributed by atoms with Crippen molar-refractivity contribution in [1.82, 2.24) is 5.32 Å². The Labute approximate surface area is 176 Å². The van der Waals surface area contributed by atoms with Crippen molar-refractivity contribution in [2.24, 2.45) is 5.41 Å². The minimum atomic E-state index is -0.550. The zero-order valence-electron chi connectivity index (χ0n) is 16.8. The quantitative estimate of drug-likeness (QED) is 0.655. The van der Waals surface area contributed by atoms with Gasteiger partial charge in [-0.05, 0) is 48.9 Å². The first-order valence-electron chi connectivity index (χ1n) is 9.94. The van der Waals surface area contributed by atoms with E-state index in [1.54, 1.807) is 30.3 Å². The van der Waals surface area contributed by atoms with Gasteiger partial charge in [0.25, 0.3) is 0 Å². The van der Waals surface area contributed by atoms with Crippen LogP contribution in [-0.4, -0.2) is 19.0 Å². The summed E-state index contributed by atoms with van der Waals surface area (Å²) in [5.41, 5.74) is 1.88. The van der Waals surface area contributed by atoms with Crippen molar-refractivity contribution in [3.8, 4) is 17.6 Å². The van der Waals surface area contributed by atoms with Gasteiger partial charge in [-0.15, -0.1) is 0 Å². The zero-order valence-corrected chi connectivity index (χ0v) is 16.8. The standard InChI is InChI=1S/C25H23N3O2/c1-25(17-27-16-23(25)19-6-3-2-4-7-19)24(29)28-20-8-5-9-22(14-20)30-21-12-10-18(15-26)11-13-21/h2-14,23,27H,16-17H2,1H3,(H,28,29)/t23-,25?/m1/s1. The average Bonchev–Trinajstić information content (AvgIpc) is 3.18. The average molecular weight is 397 g/mol. The third-order valence-corrected chi connectivity index (χ3v) is 5.64. The molecule has 5 nitrogen and oxygen atoms in total. The number of rotatable bonds is 5. The molecule has 2 atom stereocenters. The molecule has 2 N–H and O–H groups in total. The summed E-state index contributed by atoms with van der Waals surface area (Å²) in [6.07, 6.45) is 0. The van der Waals surface area contributed by atoms with Gasteiger partial charge in [0, 0.05) is 30.8 Å². The van der Waals surface area contributed by atoms with E-state index in [0.29, 0.717) is 29.3 Å². The predicted molar refractivity (Wildman–Crippen MR) is 116 cm³/mol. The van der Waals surface area contributed by atoms with Crippen molar-refractivity contribution in [2.75, 3.05) is 18.4 Å². The van der Waals surface area contributed by atoms with Crippen LogP contribution in [0.4, 0.5) is 5.69 Å². The molecule has 1 aliphatic heterocycles. The number of nitrogens with one attached hydrogen (secondary N) is 2. The predicted octanol–water partition coefficient (Wildman–Crippen LogP) is 4.68. The summed E-state index contributed by atoms with van der Waals surface area (Å²) in [7, 11) is 0. The fourth-order valence-corrected chi connectivity index (χ4v) is 3.88. The number of carbonyl (C=O) groups is 1. The van der Waals surface area contributed by atoms with Gasteiger partial charge in [0.1, 0.15) is 11.5 Å². The lowest BCUT2D eigenvalue weighted by Crippen LogP contribution is -2.39. The number of hydrogen-bond donors (Lipinski definition) is 2. The van der Waals surface area contributed by atoms with Gasteiger partial charge >= 0.3 is 0 Å². The van der Waals surface area contributed by atoms with E-state index in [1.165, 1.54) is 0 Å². The Morgan fingerprint density at radius 1 is 1.07 bits per heavy atom. The molecular weight excluding hydrogens is 374 g/mol. The van der Waals surface area contributed by atoms with Crippen molar-refractivity contribution in [3.05, 3.63) is 90.0 Å². The second-order valence-electron chi connectivity index (χ2n) is 7.73. The van der Waals surface area contributed by atoms with Gasteiger partial charge in [-0.2, -0.15) is 5.26 Å². The summed E-state index contributed by atoms with van der Waals surface area (Å²) in [5.74, 6) is 1.34. The second-order valence-corrected chi connectivity index (χ2v) is 7.73. The number of amides is 1. The van der Waals surface area contributed by atoms with E-state index in [4.69, 9.17) is 10.00 Å². The molecular formula is C25H23N3O2. The van der Waals surface area contributed by atoms with Crippen molar-refractivity contribution >= 4 is 11.6 Å². The molecule has 1 fully saturated rings. The van der Waals surface area contributed by atoms with Gasteiger partial charge in [-0.1, -0.05) is 36.4 Å². The van der Waals surface area contributed by atoms with E-state index in [0.717, 1.165) is 12.1 Å². The Morgan fingerprint density at radius 3 is 2.57 bits per heavy atom. The highest BCUT2D eigenvalue weighted by atomic mass is 16.5. The molecule has 0 saturated carbocycles. The Hall–Kier alpha value is -3.62. The maximum atomic E-state index is 13.2. The number of hydrogen-bond acceptors (Lipinski definition) is 4. The molecule has 0 radical (unpaired) electrons. The van der Waals surface area contributed by atoms with E-state index in [9.17, 15) is 4.79 Å². The third-order valence-electron chi connectivity index (χ3n) is 5.64. The van der Waals surface area contributed by atoms with Crippen LogP contribution in [0.1, 0.15) is 24.0 Å². The van der Waals surface area contributed by atoms with Crippen LogP contribution in [0.15, 0.2) is 78.9 Å². The van der Waals surface area contributed by atoms with Gasteiger partial charge in [0.05, 0.1) is 17.0 Å². The molecule has 1 heterocycles. The van der Waals surface area contributed by atoms with E-state index < -0.39 is 5.41 Å². The Balaban J connectivity index is 1.49. The fraction of sp³-hybridized carbons (Fsp3) is 0.200. The Morgan fingerprint density at radius 2 is 1.83 bits per heavy atom.